The number of hydrogen-bond donors (Lipinski definition) is 1. The summed E-state index contributed by atoms with van der Waals surface area (Å²) in [5, 5.41) is 1.81. The summed E-state index contributed by atoms with van der Waals surface area (Å²) in [6.07, 6.45) is 2.00. The third-order valence-electron chi connectivity index (χ3n) is 0.279. The fraction of sp³-hybridized carbons (Fsp3) is 0.286. The van der Waals surface area contributed by atoms with Crippen molar-refractivity contribution in [3.8, 4) is 0 Å². The Morgan fingerprint density at radius 3 is 1.36 bits per heavy atom. The Bertz CT molecular complexity index is 103. The summed E-state index contributed by atoms with van der Waals surface area (Å²) in [6, 6.07) is 0. The molecule has 66 valence electrons. The zero-order valence-corrected chi connectivity index (χ0v) is 9.65. The SMILES string of the molecule is C[CH-]C.[CH2-]C(=O)NC([CH2-])=O.[W]. The first-order valence-electron chi connectivity index (χ1n) is 2.77. The summed E-state index contributed by atoms with van der Waals surface area (Å²) in [4.78, 5) is 19.5. The third kappa shape index (κ3) is 43.0. The minimum absolute atomic E-state index is 0. The van der Waals surface area contributed by atoms with Crippen molar-refractivity contribution < 1.29 is 30.7 Å². The molecule has 0 atom stereocenters. The van der Waals surface area contributed by atoms with Crippen LogP contribution in [0.1, 0.15) is 13.8 Å². The Labute approximate surface area is 82.2 Å². The predicted octanol–water partition coefficient (Wildman–Crippen LogP) is 0.525. The number of hydrogen-bond acceptors (Lipinski definition) is 2. The van der Waals surface area contributed by atoms with Crippen LogP contribution in [0.2, 0.25) is 0 Å². The Hall–Kier alpha value is -0.432. The molecule has 2 amide bonds. The fourth-order valence-corrected chi connectivity index (χ4v) is 0.156. The molecule has 0 aliphatic heterocycles. The maximum Gasteiger partial charge on any atom is 0.0843 e. The molecule has 0 saturated carbocycles. The van der Waals surface area contributed by atoms with E-state index in [0.29, 0.717) is 0 Å². The smallest absolute Gasteiger partial charge is 0.0843 e. The van der Waals surface area contributed by atoms with Gasteiger partial charge in [0.05, 0.1) is 11.8 Å². The molecule has 0 heterocycles. The van der Waals surface area contributed by atoms with Crippen LogP contribution in [0.15, 0.2) is 0 Å². The molecule has 0 bridgehead atoms. The second kappa shape index (κ2) is 12.3. The third-order valence-corrected chi connectivity index (χ3v) is 0.279. The molecule has 0 fully saturated rings. The van der Waals surface area contributed by atoms with Crippen molar-refractivity contribution in [3.05, 3.63) is 20.3 Å². The van der Waals surface area contributed by atoms with Crippen molar-refractivity contribution in [2.45, 2.75) is 13.8 Å². The molecule has 0 radical (unpaired) electrons. The standard InChI is InChI=1S/C4H5NO2.C3H7.W/c1-3(6)5-4(2)7;1-3-2;/h1-2H2,(H,5,6,7);3H,1-2H3;/q-2;-1;. The van der Waals surface area contributed by atoms with E-state index in [1.807, 2.05) is 20.3 Å². The molecule has 1 N–H and O–H groups in total. The monoisotopic (exact) mass is 326 g/mol. The van der Waals surface area contributed by atoms with E-state index in [9.17, 15) is 9.59 Å². The Balaban J connectivity index is -0.000000140. The van der Waals surface area contributed by atoms with Crippen molar-refractivity contribution in [3.63, 3.8) is 0 Å². The van der Waals surface area contributed by atoms with Crippen LogP contribution in [-0.2, 0) is 30.7 Å². The van der Waals surface area contributed by atoms with Crippen LogP contribution in [0.3, 0.4) is 0 Å². The van der Waals surface area contributed by atoms with Gasteiger partial charge < -0.3 is 35.2 Å². The topological polar surface area (TPSA) is 46.2 Å². The zero-order valence-electron chi connectivity index (χ0n) is 6.72. The van der Waals surface area contributed by atoms with E-state index in [2.05, 4.69) is 13.8 Å². The van der Waals surface area contributed by atoms with Crippen LogP contribution in [0, 0.1) is 20.3 Å². The summed E-state index contributed by atoms with van der Waals surface area (Å²) in [7, 11) is 0. The zero-order chi connectivity index (χ0) is 8.57. The van der Waals surface area contributed by atoms with Gasteiger partial charge in [-0.2, -0.15) is 13.8 Å². The average molecular weight is 326 g/mol. The van der Waals surface area contributed by atoms with Gasteiger partial charge in [0, 0.05) is 21.1 Å². The normalized spacial score (nSPS) is 6.36. The molecule has 0 aromatic heterocycles. The Morgan fingerprint density at radius 2 is 1.36 bits per heavy atom. The number of imide groups is 1. The molecule has 0 aliphatic carbocycles. The van der Waals surface area contributed by atoms with Gasteiger partial charge >= 0.3 is 0 Å². The van der Waals surface area contributed by atoms with Crippen molar-refractivity contribution >= 4 is 11.8 Å². The van der Waals surface area contributed by atoms with Crippen molar-refractivity contribution in [2.75, 3.05) is 0 Å². The number of amides is 2. The van der Waals surface area contributed by atoms with Crippen molar-refractivity contribution in [1.82, 2.24) is 5.32 Å². The van der Waals surface area contributed by atoms with Gasteiger partial charge in [0.1, 0.15) is 0 Å². The summed E-state index contributed by atoms with van der Waals surface area (Å²) in [6.45, 7) is 9.74. The fourth-order valence-electron chi connectivity index (χ4n) is 0.156. The van der Waals surface area contributed by atoms with Crippen LogP contribution in [0.4, 0.5) is 0 Å². The van der Waals surface area contributed by atoms with Gasteiger partial charge in [0.15, 0.2) is 0 Å². The van der Waals surface area contributed by atoms with Gasteiger partial charge in [0.2, 0.25) is 0 Å². The van der Waals surface area contributed by atoms with Gasteiger partial charge in [0.25, 0.3) is 0 Å². The molecule has 4 heteroatoms. The van der Waals surface area contributed by atoms with Gasteiger partial charge in [-0.3, -0.25) is 0 Å². The van der Waals surface area contributed by atoms with E-state index < -0.39 is 11.8 Å². The Morgan fingerprint density at radius 1 is 1.18 bits per heavy atom. The summed E-state index contributed by atoms with van der Waals surface area (Å²) < 4.78 is 0. The quantitative estimate of drug-likeness (QED) is 0.660. The summed E-state index contributed by atoms with van der Waals surface area (Å²) in [5.41, 5.74) is 0. The Kier molecular flexibility index (Phi) is 18.8. The average Bonchev–Trinajstić information content (AvgIpc) is 1.62. The van der Waals surface area contributed by atoms with Crippen LogP contribution >= 0.6 is 0 Å². The second-order valence-corrected chi connectivity index (χ2v) is 1.55. The first kappa shape index (κ1) is 16.9. The van der Waals surface area contributed by atoms with E-state index in [1.165, 1.54) is 0 Å². The molecule has 0 aromatic carbocycles. The maximum atomic E-state index is 9.77. The molecule has 11 heavy (non-hydrogen) atoms. The first-order chi connectivity index (χ1) is 4.54. The first-order valence-corrected chi connectivity index (χ1v) is 2.77. The van der Waals surface area contributed by atoms with Crippen molar-refractivity contribution in [1.29, 1.82) is 0 Å². The minimum Gasteiger partial charge on any atom is -0.347 e. The second-order valence-electron chi connectivity index (χ2n) is 1.55. The molecule has 0 saturated heterocycles. The summed E-state index contributed by atoms with van der Waals surface area (Å²) in [5.74, 6) is -1.25. The molecule has 0 rings (SSSR count). The molecular formula is C7H12NO2W-3. The number of carbonyl (C=O) groups is 2. The molecule has 0 aromatic rings. The summed E-state index contributed by atoms with van der Waals surface area (Å²) >= 11 is 0. The molecule has 0 aliphatic rings. The van der Waals surface area contributed by atoms with Crippen LogP contribution in [0.5, 0.6) is 0 Å². The van der Waals surface area contributed by atoms with Crippen LogP contribution in [-0.4, -0.2) is 11.8 Å². The van der Waals surface area contributed by atoms with E-state index in [-0.39, 0.29) is 21.1 Å². The van der Waals surface area contributed by atoms with E-state index in [1.54, 1.807) is 5.32 Å². The maximum absolute atomic E-state index is 9.77. The van der Waals surface area contributed by atoms with E-state index in [4.69, 9.17) is 0 Å². The number of nitrogens with one attached hydrogen (secondary N) is 1. The van der Waals surface area contributed by atoms with Gasteiger partial charge in [-0.1, -0.05) is 0 Å². The van der Waals surface area contributed by atoms with Crippen LogP contribution in [0.25, 0.3) is 0 Å². The number of rotatable bonds is 0. The largest absolute Gasteiger partial charge is 0.347 e. The van der Waals surface area contributed by atoms with E-state index >= 15 is 0 Å². The molecule has 3 nitrogen and oxygen atoms in total. The predicted molar refractivity (Wildman–Crippen MR) is 39.5 cm³/mol. The van der Waals surface area contributed by atoms with Gasteiger partial charge in [-0.15, -0.1) is 0 Å². The number of carbonyl (C=O) groups excluding carboxylic acids is 2. The molecule has 0 spiro atoms. The molecule has 0 unspecified atom stereocenters. The van der Waals surface area contributed by atoms with Crippen LogP contribution < -0.4 is 5.32 Å². The van der Waals surface area contributed by atoms with Gasteiger partial charge in [-0.25, -0.2) is 0 Å². The molecular weight excluding hydrogens is 314 g/mol. The van der Waals surface area contributed by atoms with Crippen molar-refractivity contribution in [2.24, 2.45) is 0 Å². The van der Waals surface area contributed by atoms with Gasteiger partial charge in [-0.05, 0) is 0 Å². The minimum atomic E-state index is -0.625. The van der Waals surface area contributed by atoms with E-state index in [0.717, 1.165) is 0 Å².